The molecule has 0 heterocycles. The minimum atomic E-state index is 0.391. The first-order valence-electron chi connectivity index (χ1n) is 5.46. The van der Waals surface area contributed by atoms with Crippen molar-refractivity contribution in [2.24, 2.45) is 5.90 Å². The summed E-state index contributed by atoms with van der Waals surface area (Å²) in [5.74, 6) is 5.86. The molecule has 0 atom stereocenters. The summed E-state index contributed by atoms with van der Waals surface area (Å²) in [6, 6.07) is 17.8. The fourth-order valence-electron chi connectivity index (χ4n) is 1.56. The molecule has 0 amide bonds. The Morgan fingerprint density at radius 1 is 0.824 bits per heavy atom. The number of nitrogens with two attached hydrogens (primary N) is 1. The fraction of sp³-hybridized carbons (Fsp3) is 0.143. The van der Waals surface area contributed by atoms with Crippen LogP contribution in [-0.2, 0) is 18.1 Å². The topological polar surface area (TPSA) is 44.5 Å². The lowest BCUT2D eigenvalue weighted by Gasteiger charge is -2.07. The standard InChI is InChI=1S/C14H15NO2/c15-17-11-13-7-4-8-14(9-13)16-10-12-5-2-1-3-6-12/h1-9H,10-11,15H2. The third-order valence-electron chi connectivity index (χ3n) is 2.40. The molecule has 0 radical (unpaired) electrons. The van der Waals surface area contributed by atoms with E-state index in [0.29, 0.717) is 13.2 Å². The largest absolute Gasteiger partial charge is 0.489 e. The van der Waals surface area contributed by atoms with Crippen LogP contribution in [-0.4, -0.2) is 0 Å². The van der Waals surface area contributed by atoms with Crippen molar-refractivity contribution in [1.82, 2.24) is 0 Å². The van der Waals surface area contributed by atoms with Gasteiger partial charge in [-0.1, -0.05) is 42.5 Å². The Bertz CT molecular complexity index is 457. The van der Waals surface area contributed by atoms with Gasteiger partial charge in [-0.2, -0.15) is 0 Å². The molecule has 2 rings (SSSR count). The number of hydrogen-bond donors (Lipinski definition) is 1. The van der Waals surface area contributed by atoms with Crippen LogP contribution in [0.15, 0.2) is 54.6 Å². The Labute approximate surface area is 101 Å². The highest BCUT2D eigenvalue weighted by Gasteiger charge is 1.97. The van der Waals surface area contributed by atoms with E-state index in [1.165, 1.54) is 0 Å². The zero-order valence-corrected chi connectivity index (χ0v) is 9.50. The normalized spacial score (nSPS) is 10.2. The van der Waals surface area contributed by atoms with Gasteiger partial charge in [0.15, 0.2) is 0 Å². The van der Waals surface area contributed by atoms with Crippen LogP contribution in [0.5, 0.6) is 5.75 Å². The van der Waals surface area contributed by atoms with Crippen molar-refractivity contribution in [3.8, 4) is 5.75 Å². The Morgan fingerprint density at radius 3 is 2.35 bits per heavy atom. The Kier molecular flexibility index (Phi) is 4.13. The van der Waals surface area contributed by atoms with Crippen molar-refractivity contribution >= 4 is 0 Å². The first-order valence-corrected chi connectivity index (χ1v) is 5.46. The van der Waals surface area contributed by atoms with Crippen LogP contribution in [0.4, 0.5) is 0 Å². The molecule has 2 aromatic rings. The molecule has 3 heteroatoms. The van der Waals surface area contributed by atoms with Gasteiger partial charge in [0, 0.05) is 0 Å². The highest BCUT2D eigenvalue weighted by atomic mass is 16.6. The van der Waals surface area contributed by atoms with E-state index in [9.17, 15) is 0 Å². The van der Waals surface area contributed by atoms with Crippen molar-refractivity contribution in [1.29, 1.82) is 0 Å². The summed E-state index contributed by atoms with van der Waals surface area (Å²) in [6.45, 7) is 0.955. The smallest absolute Gasteiger partial charge is 0.120 e. The minimum Gasteiger partial charge on any atom is -0.489 e. The van der Waals surface area contributed by atoms with Crippen LogP contribution in [0.3, 0.4) is 0 Å². The molecule has 2 N–H and O–H groups in total. The second-order valence-corrected chi connectivity index (χ2v) is 3.73. The zero-order chi connectivity index (χ0) is 11.9. The van der Waals surface area contributed by atoms with E-state index in [1.807, 2.05) is 54.6 Å². The molecule has 0 saturated heterocycles. The average molecular weight is 229 g/mol. The Morgan fingerprint density at radius 2 is 1.59 bits per heavy atom. The van der Waals surface area contributed by atoms with Gasteiger partial charge in [0.1, 0.15) is 12.4 Å². The molecular formula is C14H15NO2. The first kappa shape index (κ1) is 11.6. The van der Waals surface area contributed by atoms with Gasteiger partial charge >= 0.3 is 0 Å². The van der Waals surface area contributed by atoms with Gasteiger partial charge in [-0.05, 0) is 23.3 Å². The quantitative estimate of drug-likeness (QED) is 0.802. The van der Waals surface area contributed by atoms with Gasteiger partial charge < -0.3 is 4.74 Å². The van der Waals surface area contributed by atoms with Crippen molar-refractivity contribution < 1.29 is 9.57 Å². The van der Waals surface area contributed by atoms with Crippen molar-refractivity contribution in [3.63, 3.8) is 0 Å². The monoisotopic (exact) mass is 229 g/mol. The first-order chi connectivity index (χ1) is 8.38. The molecule has 0 aliphatic carbocycles. The highest BCUT2D eigenvalue weighted by Crippen LogP contribution is 2.15. The third kappa shape index (κ3) is 3.59. The summed E-state index contributed by atoms with van der Waals surface area (Å²) in [6.07, 6.45) is 0. The minimum absolute atomic E-state index is 0.391. The molecule has 0 saturated carbocycles. The maximum absolute atomic E-state index is 5.68. The van der Waals surface area contributed by atoms with E-state index >= 15 is 0 Å². The summed E-state index contributed by atoms with van der Waals surface area (Å²) in [7, 11) is 0. The van der Waals surface area contributed by atoms with Crippen molar-refractivity contribution in [2.75, 3.05) is 0 Å². The van der Waals surface area contributed by atoms with Gasteiger partial charge in [0.25, 0.3) is 0 Å². The van der Waals surface area contributed by atoms with Gasteiger partial charge in [-0.3, -0.25) is 4.84 Å². The van der Waals surface area contributed by atoms with Gasteiger partial charge in [-0.25, -0.2) is 5.90 Å². The van der Waals surface area contributed by atoms with E-state index in [0.717, 1.165) is 16.9 Å². The molecule has 0 aliphatic heterocycles. The van der Waals surface area contributed by atoms with Crippen LogP contribution < -0.4 is 10.6 Å². The second-order valence-electron chi connectivity index (χ2n) is 3.73. The van der Waals surface area contributed by atoms with E-state index < -0.39 is 0 Å². The summed E-state index contributed by atoms with van der Waals surface area (Å²) in [4.78, 5) is 4.59. The Balaban J connectivity index is 1.97. The predicted octanol–water partition coefficient (Wildman–Crippen LogP) is 2.66. The third-order valence-corrected chi connectivity index (χ3v) is 2.40. The van der Waals surface area contributed by atoms with Crippen LogP contribution in [0.1, 0.15) is 11.1 Å². The molecule has 17 heavy (non-hydrogen) atoms. The predicted molar refractivity (Wildman–Crippen MR) is 66.2 cm³/mol. The lowest BCUT2D eigenvalue weighted by atomic mass is 10.2. The van der Waals surface area contributed by atoms with Crippen LogP contribution >= 0.6 is 0 Å². The van der Waals surface area contributed by atoms with Crippen LogP contribution in [0.2, 0.25) is 0 Å². The number of rotatable bonds is 5. The van der Waals surface area contributed by atoms with E-state index in [4.69, 9.17) is 10.6 Å². The molecule has 0 unspecified atom stereocenters. The van der Waals surface area contributed by atoms with Crippen LogP contribution in [0, 0.1) is 0 Å². The molecule has 0 aromatic heterocycles. The summed E-state index contributed by atoms with van der Waals surface area (Å²) < 4.78 is 5.68. The van der Waals surface area contributed by atoms with Gasteiger partial charge in [-0.15, -0.1) is 0 Å². The molecule has 0 fully saturated rings. The van der Waals surface area contributed by atoms with Gasteiger partial charge in [0.2, 0.25) is 0 Å². The average Bonchev–Trinajstić information content (AvgIpc) is 2.39. The summed E-state index contributed by atoms with van der Waals surface area (Å²) in [5.41, 5.74) is 2.14. The number of hydrogen-bond acceptors (Lipinski definition) is 3. The maximum Gasteiger partial charge on any atom is 0.120 e. The molecule has 3 nitrogen and oxygen atoms in total. The molecule has 88 valence electrons. The molecule has 0 bridgehead atoms. The van der Waals surface area contributed by atoms with E-state index in [2.05, 4.69) is 4.84 Å². The number of benzene rings is 2. The van der Waals surface area contributed by atoms with Crippen LogP contribution in [0.25, 0.3) is 0 Å². The number of ether oxygens (including phenoxy) is 1. The molecule has 2 aromatic carbocycles. The lowest BCUT2D eigenvalue weighted by Crippen LogP contribution is -2.00. The van der Waals surface area contributed by atoms with E-state index in [1.54, 1.807) is 0 Å². The molecule has 0 aliphatic rings. The zero-order valence-electron chi connectivity index (χ0n) is 9.50. The van der Waals surface area contributed by atoms with Crippen molar-refractivity contribution in [3.05, 3.63) is 65.7 Å². The van der Waals surface area contributed by atoms with Crippen molar-refractivity contribution in [2.45, 2.75) is 13.2 Å². The molecular weight excluding hydrogens is 214 g/mol. The summed E-state index contributed by atoms with van der Waals surface area (Å²) >= 11 is 0. The van der Waals surface area contributed by atoms with E-state index in [-0.39, 0.29) is 0 Å². The lowest BCUT2D eigenvalue weighted by molar-refractivity contribution is 0.124. The fourth-order valence-corrected chi connectivity index (χ4v) is 1.56. The molecule has 0 spiro atoms. The summed E-state index contributed by atoms with van der Waals surface area (Å²) in [5, 5.41) is 0. The van der Waals surface area contributed by atoms with Gasteiger partial charge in [0.05, 0.1) is 6.61 Å². The SMILES string of the molecule is NOCc1cccc(OCc2ccccc2)c1. The highest BCUT2D eigenvalue weighted by molar-refractivity contribution is 5.28. The Hall–Kier alpha value is -1.84. The second kappa shape index (κ2) is 6.03. The maximum atomic E-state index is 5.68.